The summed E-state index contributed by atoms with van der Waals surface area (Å²) in [7, 11) is 0. The maximum atomic E-state index is 12.8. The molecule has 1 unspecified atom stereocenters. The van der Waals surface area contributed by atoms with Crippen LogP contribution in [0.4, 0.5) is 0 Å². The summed E-state index contributed by atoms with van der Waals surface area (Å²) in [5.74, 6) is 0.0466. The van der Waals surface area contributed by atoms with Crippen LogP contribution in [0, 0.1) is 0 Å². The lowest BCUT2D eigenvalue weighted by molar-refractivity contribution is -0.128. The quantitative estimate of drug-likeness (QED) is 0.745. The molecule has 0 saturated carbocycles. The largest absolute Gasteiger partial charge is 0.391 e. The van der Waals surface area contributed by atoms with Crippen molar-refractivity contribution in [3.63, 3.8) is 0 Å². The van der Waals surface area contributed by atoms with E-state index in [4.69, 9.17) is 0 Å². The van der Waals surface area contributed by atoms with E-state index in [9.17, 15) is 9.90 Å². The summed E-state index contributed by atoms with van der Waals surface area (Å²) < 4.78 is 0. The lowest BCUT2D eigenvalue weighted by Gasteiger charge is -2.37. The third-order valence-electron chi connectivity index (χ3n) is 4.34. The lowest BCUT2D eigenvalue weighted by atomic mass is 9.72. The number of nitrogens with one attached hydrogen (secondary N) is 2. The van der Waals surface area contributed by atoms with Crippen LogP contribution in [0.5, 0.6) is 0 Å². The second-order valence-corrected chi connectivity index (χ2v) is 5.85. The van der Waals surface area contributed by atoms with Gasteiger partial charge in [-0.1, -0.05) is 43.7 Å². The minimum absolute atomic E-state index is 0.0466. The molecule has 1 aliphatic heterocycles. The lowest BCUT2D eigenvalue weighted by Crippen LogP contribution is -2.51. The Morgan fingerprint density at radius 3 is 2.62 bits per heavy atom. The van der Waals surface area contributed by atoms with Crippen molar-refractivity contribution in [3.05, 3.63) is 35.9 Å². The molecule has 3 N–H and O–H groups in total. The predicted molar refractivity (Wildman–Crippen MR) is 84.1 cm³/mol. The number of aliphatic hydroxyl groups is 1. The van der Waals surface area contributed by atoms with Crippen molar-refractivity contribution in [2.75, 3.05) is 19.6 Å². The number of carbonyl (C=O) groups excluding carboxylic acids is 1. The highest BCUT2D eigenvalue weighted by Gasteiger charge is 2.40. The topological polar surface area (TPSA) is 61.4 Å². The summed E-state index contributed by atoms with van der Waals surface area (Å²) in [6.45, 7) is 4.07. The highest BCUT2D eigenvalue weighted by molar-refractivity contribution is 5.88. The third-order valence-corrected chi connectivity index (χ3v) is 4.34. The van der Waals surface area contributed by atoms with Gasteiger partial charge in [-0.05, 0) is 37.9 Å². The van der Waals surface area contributed by atoms with Gasteiger partial charge in [0.1, 0.15) is 0 Å². The van der Waals surface area contributed by atoms with Crippen molar-refractivity contribution in [1.29, 1.82) is 0 Å². The number of rotatable bonds is 6. The molecule has 0 spiro atoms. The number of aliphatic hydroxyl groups excluding tert-OH is 1. The molecule has 2 rings (SSSR count). The fraction of sp³-hybridized carbons (Fsp3) is 0.588. The Morgan fingerprint density at radius 2 is 2.00 bits per heavy atom. The van der Waals surface area contributed by atoms with Gasteiger partial charge in [0.2, 0.25) is 5.91 Å². The summed E-state index contributed by atoms with van der Waals surface area (Å²) in [5, 5.41) is 16.1. The van der Waals surface area contributed by atoms with Crippen LogP contribution in [0.25, 0.3) is 0 Å². The number of hydrogen-bond acceptors (Lipinski definition) is 3. The Bertz CT molecular complexity index is 441. The van der Waals surface area contributed by atoms with Crippen LogP contribution in [0.3, 0.4) is 0 Å². The molecular formula is C17H26N2O2. The van der Waals surface area contributed by atoms with Crippen molar-refractivity contribution < 1.29 is 9.90 Å². The van der Waals surface area contributed by atoms with Crippen LogP contribution in [-0.2, 0) is 10.2 Å². The van der Waals surface area contributed by atoms with E-state index < -0.39 is 11.5 Å². The number of carbonyl (C=O) groups is 1. The van der Waals surface area contributed by atoms with Crippen LogP contribution < -0.4 is 10.6 Å². The molecular weight excluding hydrogens is 264 g/mol. The van der Waals surface area contributed by atoms with Crippen molar-refractivity contribution in [2.45, 2.75) is 44.1 Å². The van der Waals surface area contributed by atoms with E-state index >= 15 is 0 Å². The number of hydrogen-bond donors (Lipinski definition) is 3. The van der Waals surface area contributed by atoms with Crippen molar-refractivity contribution >= 4 is 5.91 Å². The van der Waals surface area contributed by atoms with Crippen molar-refractivity contribution in [3.8, 4) is 0 Å². The molecule has 0 radical (unpaired) electrons. The van der Waals surface area contributed by atoms with Gasteiger partial charge in [-0.2, -0.15) is 0 Å². The molecule has 4 heteroatoms. The van der Waals surface area contributed by atoms with E-state index in [-0.39, 0.29) is 5.91 Å². The van der Waals surface area contributed by atoms with E-state index in [0.717, 1.165) is 44.3 Å². The Labute approximate surface area is 126 Å². The van der Waals surface area contributed by atoms with E-state index in [1.807, 2.05) is 37.3 Å². The molecule has 0 aromatic heterocycles. The van der Waals surface area contributed by atoms with Gasteiger partial charge >= 0.3 is 0 Å². The van der Waals surface area contributed by atoms with E-state index in [1.54, 1.807) is 0 Å². The van der Waals surface area contributed by atoms with Gasteiger partial charge in [-0.25, -0.2) is 0 Å². The van der Waals surface area contributed by atoms with Crippen molar-refractivity contribution in [2.24, 2.45) is 0 Å². The molecule has 1 aliphatic rings. The zero-order valence-electron chi connectivity index (χ0n) is 12.8. The van der Waals surface area contributed by atoms with Crippen LogP contribution >= 0.6 is 0 Å². The first-order valence-electron chi connectivity index (χ1n) is 7.91. The maximum absolute atomic E-state index is 12.8. The third kappa shape index (κ3) is 3.83. The van der Waals surface area contributed by atoms with Gasteiger partial charge in [0, 0.05) is 6.54 Å². The molecule has 1 heterocycles. The van der Waals surface area contributed by atoms with Crippen LogP contribution in [0.2, 0.25) is 0 Å². The molecule has 0 aliphatic carbocycles. The van der Waals surface area contributed by atoms with E-state index in [2.05, 4.69) is 10.6 Å². The first-order chi connectivity index (χ1) is 10.2. The fourth-order valence-electron chi connectivity index (χ4n) is 3.07. The van der Waals surface area contributed by atoms with Gasteiger partial charge in [0.15, 0.2) is 0 Å². The molecule has 1 atom stereocenters. The van der Waals surface area contributed by atoms with Gasteiger partial charge in [-0.3, -0.25) is 4.79 Å². The fourth-order valence-corrected chi connectivity index (χ4v) is 3.07. The maximum Gasteiger partial charge on any atom is 0.230 e. The number of amides is 1. The zero-order chi connectivity index (χ0) is 15.1. The molecule has 1 fully saturated rings. The molecule has 1 aromatic carbocycles. The van der Waals surface area contributed by atoms with Crippen LogP contribution in [0.1, 0.15) is 38.2 Å². The van der Waals surface area contributed by atoms with Gasteiger partial charge in [-0.15, -0.1) is 0 Å². The molecule has 0 bridgehead atoms. The first-order valence-corrected chi connectivity index (χ1v) is 7.91. The summed E-state index contributed by atoms with van der Waals surface area (Å²) in [5.41, 5.74) is 0.618. The standard InChI is InChI=1S/C17H26N2O2/c1-2-6-15(20)13-19-16(21)17(9-11-18-12-10-17)14-7-4-3-5-8-14/h3-5,7-8,15,18,20H,2,6,9-13H2,1H3,(H,19,21). The Kier molecular flexibility index (Phi) is 5.76. The SMILES string of the molecule is CCCC(O)CNC(=O)C1(c2ccccc2)CCNCC1. The molecule has 1 aromatic rings. The normalized spacial score (nSPS) is 19.0. The molecule has 116 valence electrons. The molecule has 1 amide bonds. The van der Waals surface area contributed by atoms with Crippen molar-refractivity contribution in [1.82, 2.24) is 10.6 Å². The monoisotopic (exact) mass is 290 g/mol. The van der Waals surface area contributed by atoms with Gasteiger partial charge < -0.3 is 15.7 Å². The summed E-state index contributed by atoms with van der Waals surface area (Å²) >= 11 is 0. The Hall–Kier alpha value is -1.39. The van der Waals surface area contributed by atoms with Gasteiger partial charge in [0.05, 0.1) is 11.5 Å². The molecule has 4 nitrogen and oxygen atoms in total. The number of piperidine rings is 1. The van der Waals surface area contributed by atoms with E-state index in [1.165, 1.54) is 0 Å². The molecule has 21 heavy (non-hydrogen) atoms. The minimum atomic E-state index is -0.460. The summed E-state index contributed by atoms with van der Waals surface area (Å²) in [6, 6.07) is 10.0. The summed E-state index contributed by atoms with van der Waals surface area (Å²) in [6.07, 6.45) is 2.79. The van der Waals surface area contributed by atoms with E-state index in [0.29, 0.717) is 6.54 Å². The minimum Gasteiger partial charge on any atom is -0.391 e. The Morgan fingerprint density at radius 1 is 1.33 bits per heavy atom. The highest BCUT2D eigenvalue weighted by Crippen LogP contribution is 2.33. The highest BCUT2D eigenvalue weighted by atomic mass is 16.3. The summed E-state index contributed by atoms with van der Waals surface area (Å²) in [4.78, 5) is 12.8. The average molecular weight is 290 g/mol. The Balaban J connectivity index is 2.11. The van der Waals surface area contributed by atoms with Crippen LogP contribution in [-0.4, -0.2) is 36.8 Å². The number of benzene rings is 1. The van der Waals surface area contributed by atoms with Crippen LogP contribution in [0.15, 0.2) is 30.3 Å². The average Bonchev–Trinajstić information content (AvgIpc) is 2.54. The molecule has 1 saturated heterocycles. The van der Waals surface area contributed by atoms with Gasteiger partial charge in [0.25, 0.3) is 0 Å². The first kappa shape index (κ1) is 16.0. The predicted octanol–water partition coefficient (Wildman–Crippen LogP) is 1.58. The zero-order valence-corrected chi connectivity index (χ0v) is 12.8. The second kappa shape index (κ2) is 7.57. The smallest absolute Gasteiger partial charge is 0.230 e. The second-order valence-electron chi connectivity index (χ2n) is 5.85.